The summed E-state index contributed by atoms with van der Waals surface area (Å²) in [7, 11) is 0. The third-order valence-corrected chi connectivity index (χ3v) is 3.04. The molecule has 17 heavy (non-hydrogen) atoms. The van der Waals surface area contributed by atoms with E-state index in [0.717, 1.165) is 18.7 Å². The van der Waals surface area contributed by atoms with Gasteiger partial charge < -0.3 is 11.1 Å². The Labute approximate surface area is 107 Å². The van der Waals surface area contributed by atoms with Gasteiger partial charge in [-0.2, -0.15) is 0 Å². The normalized spacial score (nSPS) is 18.9. The highest BCUT2D eigenvalue weighted by Gasteiger charge is 2.10. The molecule has 3 N–H and O–H groups in total. The fourth-order valence-corrected chi connectivity index (χ4v) is 2.15. The van der Waals surface area contributed by atoms with Gasteiger partial charge in [-0.3, -0.25) is 0 Å². The maximum Gasteiger partial charge on any atom is 0.0559 e. The zero-order valence-corrected chi connectivity index (χ0v) is 10.5. The Morgan fingerprint density at radius 3 is 3.06 bits per heavy atom. The second kappa shape index (κ2) is 5.89. The third kappa shape index (κ3) is 3.35. The number of rotatable bonds is 4. The minimum absolute atomic E-state index is 0.107. The lowest BCUT2D eigenvalue weighted by molar-refractivity contribution is 1.02. The molecule has 0 radical (unpaired) electrons. The molecular formula is C14H17ClN2. The Morgan fingerprint density at radius 2 is 2.29 bits per heavy atom. The summed E-state index contributed by atoms with van der Waals surface area (Å²) < 4.78 is 0. The van der Waals surface area contributed by atoms with Gasteiger partial charge in [0.25, 0.3) is 0 Å². The number of allylic oxidation sites excluding steroid dienone is 4. The SMILES string of the molecule is NCCNc1cccc(C2=CC=CC(Cl)C2)c1. The molecule has 0 bridgehead atoms. The van der Waals surface area contributed by atoms with Crippen LogP contribution in [-0.2, 0) is 0 Å². The molecule has 0 saturated heterocycles. The van der Waals surface area contributed by atoms with Crippen LogP contribution in [0.1, 0.15) is 12.0 Å². The van der Waals surface area contributed by atoms with Crippen molar-refractivity contribution in [2.75, 3.05) is 18.4 Å². The molecule has 1 unspecified atom stereocenters. The molecule has 0 saturated carbocycles. The van der Waals surface area contributed by atoms with Gasteiger partial charge in [0.1, 0.15) is 0 Å². The van der Waals surface area contributed by atoms with E-state index in [4.69, 9.17) is 17.3 Å². The second-order valence-electron chi connectivity index (χ2n) is 4.09. The first-order chi connectivity index (χ1) is 8.29. The number of hydrogen-bond acceptors (Lipinski definition) is 2. The molecule has 1 aliphatic carbocycles. The van der Waals surface area contributed by atoms with Crippen LogP contribution in [-0.4, -0.2) is 18.5 Å². The molecule has 1 aromatic carbocycles. The summed E-state index contributed by atoms with van der Waals surface area (Å²) >= 11 is 6.12. The lowest BCUT2D eigenvalue weighted by atomic mass is 9.97. The Bertz CT molecular complexity index is 438. The van der Waals surface area contributed by atoms with Gasteiger partial charge in [0, 0.05) is 18.8 Å². The van der Waals surface area contributed by atoms with Crippen molar-refractivity contribution in [2.24, 2.45) is 5.73 Å². The van der Waals surface area contributed by atoms with Crippen LogP contribution in [0.4, 0.5) is 5.69 Å². The predicted molar refractivity (Wildman–Crippen MR) is 75.4 cm³/mol. The van der Waals surface area contributed by atoms with E-state index in [1.54, 1.807) is 0 Å². The van der Waals surface area contributed by atoms with Gasteiger partial charge in [-0.1, -0.05) is 30.4 Å². The summed E-state index contributed by atoms with van der Waals surface area (Å²) in [6.07, 6.45) is 7.05. The van der Waals surface area contributed by atoms with E-state index in [2.05, 4.69) is 35.7 Å². The highest BCUT2D eigenvalue weighted by Crippen LogP contribution is 2.27. The molecule has 1 aromatic rings. The van der Waals surface area contributed by atoms with Crippen LogP contribution in [0.2, 0.25) is 0 Å². The Kier molecular flexibility index (Phi) is 4.24. The van der Waals surface area contributed by atoms with E-state index in [1.165, 1.54) is 11.1 Å². The average Bonchev–Trinajstić information content (AvgIpc) is 2.37. The number of nitrogens with two attached hydrogens (primary N) is 1. The van der Waals surface area contributed by atoms with Crippen molar-refractivity contribution < 1.29 is 0 Å². The average molecular weight is 249 g/mol. The van der Waals surface area contributed by atoms with Crippen molar-refractivity contribution in [2.45, 2.75) is 11.8 Å². The van der Waals surface area contributed by atoms with E-state index in [0.29, 0.717) is 6.54 Å². The highest BCUT2D eigenvalue weighted by atomic mass is 35.5. The summed E-state index contributed by atoms with van der Waals surface area (Å²) in [5.41, 5.74) is 9.09. The molecule has 2 rings (SSSR count). The van der Waals surface area contributed by atoms with Crippen molar-refractivity contribution in [3.63, 3.8) is 0 Å². The summed E-state index contributed by atoms with van der Waals surface area (Å²) in [6.45, 7) is 1.43. The van der Waals surface area contributed by atoms with Gasteiger partial charge >= 0.3 is 0 Å². The van der Waals surface area contributed by atoms with Gasteiger partial charge in [-0.15, -0.1) is 11.6 Å². The smallest absolute Gasteiger partial charge is 0.0559 e. The molecule has 1 aliphatic rings. The monoisotopic (exact) mass is 248 g/mol. The topological polar surface area (TPSA) is 38.0 Å². The van der Waals surface area contributed by atoms with E-state index >= 15 is 0 Å². The van der Waals surface area contributed by atoms with E-state index < -0.39 is 0 Å². The Hall–Kier alpha value is -1.25. The quantitative estimate of drug-likeness (QED) is 0.804. The van der Waals surface area contributed by atoms with Gasteiger partial charge in [-0.05, 0) is 29.7 Å². The van der Waals surface area contributed by atoms with Crippen molar-refractivity contribution in [3.8, 4) is 0 Å². The molecular weight excluding hydrogens is 232 g/mol. The fourth-order valence-electron chi connectivity index (χ4n) is 1.90. The summed E-state index contributed by atoms with van der Waals surface area (Å²) in [5, 5.41) is 3.39. The summed E-state index contributed by atoms with van der Waals surface area (Å²) in [5.74, 6) is 0. The molecule has 0 aromatic heterocycles. The molecule has 2 nitrogen and oxygen atoms in total. The molecule has 0 fully saturated rings. The predicted octanol–water partition coefficient (Wildman–Crippen LogP) is 3.01. The van der Waals surface area contributed by atoms with Crippen LogP contribution in [0.3, 0.4) is 0 Å². The van der Waals surface area contributed by atoms with Crippen molar-refractivity contribution in [3.05, 3.63) is 48.1 Å². The van der Waals surface area contributed by atoms with Crippen LogP contribution in [0.25, 0.3) is 5.57 Å². The van der Waals surface area contributed by atoms with Crippen LogP contribution in [0.5, 0.6) is 0 Å². The standard InChI is InChI=1S/C14H17ClN2/c15-13-5-1-3-11(9-13)12-4-2-6-14(10-12)17-8-7-16/h1-6,10,13,17H,7-9,16H2. The maximum atomic E-state index is 6.12. The van der Waals surface area contributed by atoms with Crippen LogP contribution < -0.4 is 11.1 Å². The minimum atomic E-state index is 0.107. The molecule has 0 aliphatic heterocycles. The van der Waals surface area contributed by atoms with Crippen LogP contribution in [0, 0.1) is 0 Å². The zero-order chi connectivity index (χ0) is 12.1. The molecule has 0 spiro atoms. The Balaban J connectivity index is 2.15. The third-order valence-electron chi connectivity index (χ3n) is 2.74. The Morgan fingerprint density at radius 1 is 1.41 bits per heavy atom. The van der Waals surface area contributed by atoms with Gasteiger partial charge in [-0.25, -0.2) is 0 Å². The van der Waals surface area contributed by atoms with E-state index in [-0.39, 0.29) is 5.38 Å². The van der Waals surface area contributed by atoms with Crippen molar-refractivity contribution >= 4 is 22.9 Å². The van der Waals surface area contributed by atoms with Crippen LogP contribution >= 0.6 is 11.6 Å². The van der Waals surface area contributed by atoms with E-state index in [9.17, 15) is 0 Å². The first kappa shape index (κ1) is 12.2. The van der Waals surface area contributed by atoms with Crippen LogP contribution in [0.15, 0.2) is 42.5 Å². The van der Waals surface area contributed by atoms with Crippen molar-refractivity contribution in [1.82, 2.24) is 0 Å². The zero-order valence-electron chi connectivity index (χ0n) is 9.70. The highest BCUT2D eigenvalue weighted by molar-refractivity contribution is 6.22. The number of benzene rings is 1. The largest absolute Gasteiger partial charge is 0.384 e. The maximum absolute atomic E-state index is 6.12. The number of halogens is 1. The number of anilines is 1. The number of hydrogen-bond donors (Lipinski definition) is 2. The van der Waals surface area contributed by atoms with Gasteiger partial charge in [0.15, 0.2) is 0 Å². The molecule has 0 amide bonds. The lowest BCUT2D eigenvalue weighted by Crippen LogP contribution is -2.13. The van der Waals surface area contributed by atoms with Gasteiger partial charge in [0.2, 0.25) is 0 Å². The molecule has 1 atom stereocenters. The number of alkyl halides is 1. The summed E-state index contributed by atoms with van der Waals surface area (Å²) in [6, 6.07) is 8.36. The molecule has 90 valence electrons. The first-order valence-corrected chi connectivity index (χ1v) is 6.29. The van der Waals surface area contributed by atoms with Crippen molar-refractivity contribution in [1.29, 1.82) is 0 Å². The number of nitrogens with one attached hydrogen (secondary N) is 1. The minimum Gasteiger partial charge on any atom is -0.384 e. The van der Waals surface area contributed by atoms with Gasteiger partial charge in [0.05, 0.1) is 5.38 Å². The second-order valence-corrected chi connectivity index (χ2v) is 4.65. The fraction of sp³-hybridized carbons (Fsp3) is 0.286. The molecule has 0 heterocycles. The first-order valence-electron chi connectivity index (χ1n) is 5.85. The lowest BCUT2D eigenvalue weighted by Gasteiger charge is -2.14. The van der Waals surface area contributed by atoms with E-state index in [1.807, 2.05) is 12.2 Å². The molecule has 3 heteroatoms. The summed E-state index contributed by atoms with van der Waals surface area (Å²) in [4.78, 5) is 0.